The van der Waals surface area contributed by atoms with Crippen LogP contribution in [0.25, 0.3) is 10.4 Å². The number of rotatable bonds is 19. The molecule has 0 aromatic heterocycles. The smallest absolute Gasteiger partial charge is 0.317 e. The number of nitrogens with zero attached hydrogens (tertiary/aromatic N) is 3. The highest BCUT2D eigenvalue weighted by Gasteiger charge is 2.73. The molecule has 11 aliphatic rings. The van der Waals surface area contributed by atoms with E-state index in [0.717, 1.165) is 50.5 Å². The molecular weight excluding hydrogens is 1290 g/mol. The second kappa shape index (κ2) is 29.3. The molecule has 12 rings (SSSR count). The van der Waals surface area contributed by atoms with Gasteiger partial charge in [0.05, 0.1) is 74.0 Å². The predicted molar refractivity (Wildman–Crippen MR) is 378 cm³/mol. The summed E-state index contributed by atoms with van der Waals surface area (Å²) in [4.78, 5) is 48.4. The zero-order valence-corrected chi connectivity index (χ0v) is 64.8. The third kappa shape index (κ3) is 13.5. The van der Waals surface area contributed by atoms with Gasteiger partial charge in [0.1, 0.15) is 36.1 Å². The van der Waals surface area contributed by atoms with Crippen LogP contribution in [0.3, 0.4) is 0 Å². The monoisotopic (exact) mass is 1410 g/mol. The second-order valence-corrected chi connectivity index (χ2v) is 36.1. The fraction of sp³-hybridized carbons (Fsp3) is 0.864. The van der Waals surface area contributed by atoms with Crippen molar-refractivity contribution in [3.05, 3.63) is 58.0 Å². The van der Waals surface area contributed by atoms with Gasteiger partial charge in [0.2, 0.25) is 6.29 Å². The molecule has 6 saturated heterocycles. The van der Waals surface area contributed by atoms with Crippen molar-refractivity contribution in [3.63, 3.8) is 0 Å². The number of ketones is 1. The van der Waals surface area contributed by atoms with Gasteiger partial charge >= 0.3 is 5.97 Å². The van der Waals surface area contributed by atoms with Crippen LogP contribution in [0.4, 0.5) is 0 Å². The highest BCUT2D eigenvalue weighted by atomic mass is 16.8. The lowest BCUT2D eigenvalue weighted by Gasteiger charge is -2.71. The quantitative estimate of drug-likeness (QED) is 0.0238. The summed E-state index contributed by atoms with van der Waals surface area (Å²) in [5.41, 5.74) is 9.09. The molecule has 4 saturated carbocycles. The van der Waals surface area contributed by atoms with E-state index < -0.39 is 126 Å². The number of azide groups is 1. The number of hydrogen-bond acceptors (Lipinski definition) is 18. The first-order valence-electron chi connectivity index (χ1n) is 38.9. The Hall–Kier alpha value is -3.44. The molecule has 0 spiro atoms. The number of hydrogen-bond donors (Lipinski definition) is 0. The van der Waals surface area contributed by atoms with Crippen molar-refractivity contribution in [2.45, 2.75) is 320 Å². The minimum absolute atomic E-state index is 0.0186. The first-order chi connectivity index (χ1) is 47.7. The van der Waals surface area contributed by atoms with Crippen molar-refractivity contribution in [1.29, 1.82) is 0 Å². The van der Waals surface area contributed by atoms with E-state index >= 15 is 4.79 Å². The molecule has 0 radical (unpaired) electrons. The van der Waals surface area contributed by atoms with E-state index in [0.29, 0.717) is 49.5 Å². The normalized spacial score (nSPS) is 50.0. The summed E-state index contributed by atoms with van der Waals surface area (Å²) >= 11 is 0. The summed E-state index contributed by atoms with van der Waals surface area (Å²) in [5, 5.41) is 4.34. The van der Waals surface area contributed by atoms with Crippen LogP contribution in [0.1, 0.15) is 208 Å². The van der Waals surface area contributed by atoms with Crippen LogP contribution >= 0.6 is 0 Å². The molecule has 1 aromatic rings. The minimum atomic E-state index is -1.29. The van der Waals surface area contributed by atoms with Gasteiger partial charge in [0, 0.05) is 35.7 Å². The van der Waals surface area contributed by atoms with E-state index in [1.54, 1.807) is 14.0 Å². The number of fused-ring (bicyclic) bond motifs is 8. The maximum atomic E-state index is 16.5. The third-order valence-corrected chi connectivity index (χ3v) is 29.6. The van der Waals surface area contributed by atoms with E-state index in [4.69, 9.17) is 66.3 Å². The molecular formula is C81H125N3O17. The number of carbonyl (C=O) groups excluding carboxylic acids is 3. The highest BCUT2D eigenvalue weighted by molar-refractivity contribution is 5.81. The van der Waals surface area contributed by atoms with Gasteiger partial charge in [-0.2, -0.15) is 0 Å². The molecule has 10 fully saturated rings. The van der Waals surface area contributed by atoms with Gasteiger partial charge in [-0.25, -0.2) is 0 Å². The van der Waals surface area contributed by atoms with Crippen molar-refractivity contribution in [3.8, 4) is 0 Å². The standard InChI is InChI=1S/C81H125N3O17/c1-22-56-45(5)44(4)47(7)70(92-56)98-67-64(96-69-46(6)43(3)42(2)38-90-69)50(10)63(51(11)86)95-72(67)94-60-31-32-77(17)58(78(60,18)41-85)30-33-79(19)59(77)29-28-54-55-36-75(13,14)34-35-81(55,61(88-21)37-80(54,79)20)74(87)99-71-66(97-73-68-65(48(8)52(12)91-73)100-76(15,16)101-68)49(9)62(83-84-82)57(93-71)40-89-39-53-26-24-23-25-27-53/h23-28,41-50,52,55-73H,22,29-40H2,1-21H3/t42-,43+,44+,45-,46?,47?,48+,49?,50-,52?,55?,56?,57?,58-,59?,60+,61?,62-,63?,64+,65?,66?,67?,68?,69+,70+,71+,72-,73+,77?,78-,79+,80-,81-/m1/s1. The van der Waals surface area contributed by atoms with Crippen molar-refractivity contribution in [1.82, 2.24) is 0 Å². The minimum Gasteiger partial charge on any atom is -0.432 e. The van der Waals surface area contributed by atoms with Crippen LogP contribution in [-0.4, -0.2) is 149 Å². The molecule has 6 heterocycles. The lowest BCUT2D eigenvalue weighted by atomic mass is 9.33. The molecule has 0 N–H and O–H groups in total. The van der Waals surface area contributed by atoms with Crippen LogP contribution < -0.4 is 0 Å². The van der Waals surface area contributed by atoms with Gasteiger partial charge in [0.25, 0.3) is 0 Å². The van der Waals surface area contributed by atoms with E-state index in [9.17, 15) is 15.1 Å². The van der Waals surface area contributed by atoms with Crippen LogP contribution in [-0.2, 0) is 87.3 Å². The number of carbonyl (C=O) groups is 3. The number of aldehydes is 1. The highest BCUT2D eigenvalue weighted by Crippen LogP contribution is 2.76. The molecule has 34 atom stereocenters. The largest absolute Gasteiger partial charge is 0.432 e. The fourth-order valence-electron chi connectivity index (χ4n) is 22.2. The summed E-state index contributed by atoms with van der Waals surface area (Å²) in [6, 6.07) is 9.07. The Morgan fingerprint density at radius 1 is 0.663 bits per heavy atom. The number of esters is 1. The van der Waals surface area contributed by atoms with Gasteiger partial charge in [0.15, 0.2) is 36.7 Å². The Labute approximate surface area is 602 Å². The molecule has 1 aromatic carbocycles. The molecule has 6 aliphatic heterocycles. The molecule has 566 valence electrons. The van der Waals surface area contributed by atoms with Crippen LogP contribution in [0.5, 0.6) is 0 Å². The zero-order valence-electron chi connectivity index (χ0n) is 64.8. The maximum absolute atomic E-state index is 16.5. The van der Waals surface area contributed by atoms with Crippen LogP contribution in [0.2, 0.25) is 0 Å². The number of benzene rings is 1. The van der Waals surface area contributed by atoms with Crippen molar-refractivity contribution < 1.29 is 80.7 Å². The average Bonchev–Trinajstić information content (AvgIpc) is 1.03. The van der Waals surface area contributed by atoms with E-state index in [1.807, 2.05) is 65.0 Å². The third-order valence-electron chi connectivity index (χ3n) is 29.6. The summed E-state index contributed by atoms with van der Waals surface area (Å²) in [6.45, 7) is 43.9. The number of allylic oxidation sites excluding steroid dienone is 2. The van der Waals surface area contributed by atoms with E-state index in [1.165, 1.54) is 11.9 Å². The first-order valence-corrected chi connectivity index (χ1v) is 38.9. The summed E-state index contributed by atoms with van der Waals surface area (Å²) in [5.74, 6) is -1.33. The Bertz CT molecular complexity index is 3180. The van der Waals surface area contributed by atoms with Crippen LogP contribution in [0.15, 0.2) is 47.1 Å². The molecule has 101 heavy (non-hydrogen) atoms. The summed E-state index contributed by atoms with van der Waals surface area (Å²) in [7, 11) is 1.75. The zero-order chi connectivity index (χ0) is 73.0. The van der Waals surface area contributed by atoms with E-state index in [2.05, 4.69) is 113 Å². The van der Waals surface area contributed by atoms with Crippen molar-refractivity contribution >= 4 is 18.0 Å². The van der Waals surface area contributed by atoms with Crippen LogP contribution in [0, 0.1) is 104 Å². The predicted octanol–water partition coefficient (Wildman–Crippen LogP) is 15.1. The molecule has 20 heteroatoms. The average molecular weight is 1410 g/mol. The Kier molecular flexibility index (Phi) is 22.4. The number of ether oxygens (including phenoxy) is 14. The van der Waals surface area contributed by atoms with Gasteiger partial charge in [-0.3, -0.25) is 9.59 Å². The molecule has 20 nitrogen and oxygen atoms in total. The SMILES string of the molecule is CCC1O[C@@H](OC2[C@H](O[C@H]3CCC4(C)C5CC=C6C7CC(C)(C)CC[C@]7(C(=O)O[C@@H]7OC(COCc8ccccc8)[C@H](N=[N+]=[N-])C(C)C7O[C@@H]7OC(C)[C@H](C)C8OC(C)(C)OC87)C(OC)C[C@@]6(C)[C@@]5(C)CC[C@H]4[C@@]3(C)C=O)OC(C(C)=O)[C@@H](C)[C@@H]2O[C@@H]2OC[C@@H](C)[C@H](C)C2C)C(C)[C@@H](C)[C@H]1C. The summed E-state index contributed by atoms with van der Waals surface area (Å²) in [6.07, 6.45) is -0.336. The molecule has 15 unspecified atom stereocenters. The molecule has 5 aliphatic carbocycles. The van der Waals surface area contributed by atoms with Gasteiger partial charge in [-0.1, -0.05) is 158 Å². The van der Waals surface area contributed by atoms with Crippen molar-refractivity contribution in [2.24, 2.45) is 109 Å². The van der Waals surface area contributed by atoms with Gasteiger partial charge < -0.3 is 71.1 Å². The topological polar surface area (TPSA) is 229 Å². The fourth-order valence-corrected chi connectivity index (χ4v) is 22.2. The number of methoxy groups -OCH3 is 1. The second-order valence-electron chi connectivity index (χ2n) is 36.1. The lowest BCUT2D eigenvalue weighted by molar-refractivity contribution is -0.374. The molecule has 0 bridgehead atoms. The van der Waals surface area contributed by atoms with Gasteiger partial charge in [-0.05, 0) is 172 Å². The Morgan fingerprint density at radius 3 is 2.03 bits per heavy atom. The lowest BCUT2D eigenvalue weighted by Crippen LogP contribution is -2.69. The first kappa shape index (κ1) is 77.2. The van der Waals surface area contributed by atoms with Gasteiger partial charge in [-0.15, -0.1) is 0 Å². The molecule has 0 amide bonds. The number of Topliss-reactive ketones (excluding diaryl/α,β-unsaturated/α-hetero) is 1. The maximum Gasteiger partial charge on any atom is 0.317 e. The van der Waals surface area contributed by atoms with E-state index in [-0.39, 0.29) is 89.1 Å². The Balaban J connectivity index is 0.852. The van der Waals surface area contributed by atoms with Crippen molar-refractivity contribution in [2.75, 3.05) is 20.3 Å². The Morgan fingerprint density at radius 2 is 1.35 bits per heavy atom. The summed E-state index contributed by atoms with van der Waals surface area (Å²) < 4.78 is 96.7.